The van der Waals surface area contributed by atoms with Crippen LogP contribution in [0, 0.1) is 0 Å². The fourth-order valence-corrected chi connectivity index (χ4v) is 3.70. The van der Waals surface area contributed by atoms with Crippen LogP contribution in [0.15, 0.2) is 55.4 Å². The van der Waals surface area contributed by atoms with Crippen molar-refractivity contribution in [3.63, 3.8) is 0 Å². The number of hydrogen-bond donors (Lipinski definition) is 1. The first-order valence-electron chi connectivity index (χ1n) is 8.09. The minimum atomic E-state index is -0.287. The second-order valence-corrected chi connectivity index (χ2v) is 7.70. The smallest absolute Gasteiger partial charge is 0.257 e. The highest BCUT2D eigenvalue weighted by Gasteiger charge is 2.12. The Balaban J connectivity index is 1.47. The van der Waals surface area contributed by atoms with Crippen molar-refractivity contribution in [2.45, 2.75) is 6.42 Å². The molecular weight excluding hydrogens is 419 g/mol. The number of aromatic nitrogens is 5. The molecule has 0 atom stereocenters. The summed E-state index contributed by atoms with van der Waals surface area (Å²) in [7, 11) is 0. The van der Waals surface area contributed by atoms with E-state index in [-0.39, 0.29) is 5.91 Å². The number of hydrogen-bond acceptors (Lipinski definition) is 6. The maximum Gasteiger partial charge on any atom is 0.257 e. The van der Waals surface area contributed by atoms with Gasteiger partial charge >= 0.3 is 0 Å². The molecule has 1 aromatic carbocycles. The molecule has 0 radical (unpaired) electrons. The monoisotopic (exact) mass is 430 g/mol. The average Bonchev–Trinajstić information content (AvgIpc) is 3.37. The Morgan fingerprint density at radius 2 is 2.07 bits per heavy atom. The Morgan fingerprint density at radius 1 is 1.18 bits per heavy atom. The van der Waals surface area contributed by atoms with Crippen molar-refractivity contribution in [1.29, 1.82) is 0 Å². The van der Waals surface area contributed by atoms with Crippen LogP contribution in [-0.2, 0) is 6.42 Å². The van der Waals surface area contributed by atoms with Crippen LogP contribution < -0.4 is 5.32 Å². The molecule has 10 heteroatoms. The molecule has 0 aliphatic carbocycles. The number of carbonyl (C=O) groups is 1. The molecular formula is C18H12Cl2N6OS. The summed E-state index contributed by atoms with van der Waals surface area (Å²) in [5, 5.41) is 8.57. The lowest BCUT2D eigenvalue weighted by atomic mass is 10.1. The summed E-state index contributed by atoms with van der Waals surface area (Å²) < 4.78 is 1.48. The molecule has 0 fully saturated rings. The Hall–Kier alpha value is -2.81. The van der Waals surface area contributed by atoms with Crippen LogP contribution in [0.4, 0.5) is 5.13 Å². The standard InChI is InChI=1S/C18H12Cl2N6OS/c19-13-1-2-15(20)12(5-13)6-14-8-23-18(28-14)25-17(27)11-3-4-22-16(7-11)26-10-21-9-24-26/h1-5,7-10H,6H2,(H,23,25,27). The summed E-state index contributed by atoms with van der Waals surface area (Å²) in [6, 6.07) is 8.58. The van der Waals surface area contributed by atoms with Crippen LogP contribution in [-0.4, -0.2) is 30.6 Å². The summed E-state index contributed by atoms with van der Waals surface area (Å²) in [6.07, 6.45) is 6.75. The van der Waals surface area contributed by atoms with Gasteiger partial charge in [-0.15, -0.1) is 11.3 Å². The lowest BCUT2D eigenvalue weighted by molar-refractivity contribution is 0.102. The van der Waals surface area contributed by atoms with Gasteiger partial charge in [-0.25, -0.2) is 19.6 Å². The normalized spacial score (nSPS) is 10.8. The van der Waals surface area contributed by atoms with E-state index >= 15 is 0 Å². The SMILES string of the molecule is O=C(Nc1ncc(Cc2cc(Cl)ccc2Cl)s1)c1ccnc(-n2cncn2)c1. The van der Waals surface area contributed by atoms with Crippen molar-refractivity contribution in [1.82, 2.24) is 24.7 Å². The topological polar surface area (TPSA) is 85.6 Å². The van der Waals surface area contributed by atoms with Crippen LogP contribution in [0.2, 0.25) is 10.0 Å². The highest BCUT2D eigenvalue weighted by atomic mass is 35.5. The number of anilines is 1. The molecule has 1 amide bonds. The molecule has 4 aromatic rings. The Labute approximate surface area is 174 Å². The lowest BCUT2D eigenvalue weighted by Gasteiger charge is -2.04. The third-order valence-corrected chi connectivity index (χ3v) is 5.32. The number of halogens is 2. The van der Waals surface area contributed by atoms with E-state index in [4.69, 9.17) is 23.2 Å². The highest BCUT2D eigenvalue weighted by molar-refractivity contribution is 7.15. The van der Waals surface area contributed by atoms with Crippen LogP contribution >= 0.6 is 34.5 Å². The number of benzene rings is 1. The summed E-state index contributed by atoms with van der Waals surface area (Å²) in [5.41, 5.74) is 1.34. The molecule has 28 heavy (non-hydrogen) atoms. The first-order valence-corrected chi connectivity index (χ1v) is 9.67. The van der Waals surface area contributed by atoms with Gasteiger partial charge in [0, 0.05) is 39.3 Å². The van der Waals surface area contributed by atoms with Gasteiger partial charge in [0.1, 0.15) is 12.7 Å². The zero-order valence-corrected chi connectivity index (χ0v) is 16.5. The van der Waals surface area contributed by atoms with Crippen molar-refractivity contribution in [3.8, 4) is 5.82 Å². The maximum absolute atomic E-state index is 12.5. The molecule has 0 spiro atoms. The first-order chi connectivity index (χ1) is 13.6. The number of rotatable bonds is 5. The van der Waals surface area contributed by atoms with E-state index in [0.717, 1.165) is 10.4 Å². The van der Waals surface area contributed by atoms with Crippen molar-refractivity contribution < 1.29 is 4.79 Å². The van der Waals surface area contributed by atoms with Gasteiger partial charge in [0.15, 0.2) is 10.9 Å². The minimum Gasteiger partial charge on any atom is -0.298 e. The molecule has 0 unspecified atom stereocenters. The van der Waals surface area contributed by atoms with Gasteiger partial charge < -0.3 is 0 Å². The molecule has 0 saturated heterocycles. The number of pyridine rings is 1. The number of amides is 1. The van der Waals surface area contributed by atoms with Gasteiger partial charge in [-0.3, -0.25) is 10.1 Å². The van der Waals surface area contributed by atoms with Gasteiger partial charge in [0.2, 0.25) is 0 Å². The van der Waals surface area contributed by atoms with Crippen LogP contribution in [0.5, 0.6) is 0 Å². The second-order valence-electron chi connectivity index (χ2n) is 5.74. The molecule has 0 aliphatic rings. The second kappa shape index (κ2) is 8.05. The zero-order valence-electron chi connectivity index (χ0n) is 14.2. The summed E-state index contributed by atoms with van der Waals surface area (Å²) >= 11 is 13.6. The van der Waals surface area contributed by atoms with E-state index in [1.807, 2.05) is 6.07 Å². The molecule has 1 N–H and O–H groups in total. The fraction of sp³-hybridized carbons (Fsp3) is 0.0556. The predicted octanol–water partition coefficient (Wildman–Crippen LogP) is 4.27. The number of thiazole rings is 1. The van der Waals surface area contributed by atoms with E-state index in [2.05, 4.69) is 25.4 Å². The molecule has 140 valence electrons. The average molecular weight is 431 g/mol. The third-order valence-electron chi connectivity index (χ3n) is 3.81. The summed E-state index contributed by atoms with van der Waals surface area (Å²) in [4.78, 5) is 25.8. The largest absolute Gasteiger partial charge is 0.298 e. The van der Waals surface area contributed by atoms with Crippen molar-refractivity contribution >= 4 is 45.6 Å². The Morgan fingerprint density at radius 3 is 2.89 bits per heavy atom. The van der Waals surface area contributed by atoms with Crippen molar-refractivity contribution in [3.05, 3.63) is 81.4 Å². The summed E-state index contributed by atoms with van der Waals surface area (Å²) in [6.45, 7) is 0. The van der Waals surface area contributed by atoms with Crippen LogP contribution in [0.25, 0.3) is 5.82 Å². The molecule has 0 bridgehead atoms. The number of nitrogens with one attached hydrogen (secondary N) is 1. The third kappa shape index (κ3) is 4.19. The predicted molar refractivity (Wildman–Crippen MR) is 108 cm³/mol. The lowest BCUT2D eigenvalue weighted by Crippen LogP contribution is -2.12. The van der Waals surface area contributed by atoms with E-state index in [1.54, 1.807) is 36.7 Å². The minimum absolute atomic E-state index is 0.287. The van der Waals surface area contributed by atoms with Crippen molar-refractivity contribution in [2.75, 3.05) is 5.32 Å². The van der Waals surface area contributed by atoms with Gasteiger partial charge in [-0.1, -0.05) is 23.2 Å². The molecule has 4 rings (SSSR count). The van der Waals surface area contributed by atoms with Crippen LogP contribution in [0.3, 0.4) is 0 Å². The van der Waals surface area contributed by atoms with Gasteiger partial charge in [0.25, 0.3) is 5.91 Å². The van der Waals surface area contributed by atoms with Gasteiger partial charge in [-0.2, -0.15) is 5.10 Å². The quantitative estimate of drug-likeness (QED) is 0.510. The first kappa shape index (κ1) is 18.5. The number of nitrogens with zero attached hydrogens (tertiary/aromatic N) is 5. The highest BCUT2D eigenvalue weighted by Crippen LogP contribution is 2.27. The van der Waals surface area contributed by atoms with Gasteiger partial charge in [0.05, 0.1) is 0 Å². The molecule has 0 saturated carbocycles. The zero-order chi connectivity index (χ0) is 19.5. The summed E-state index contributed by atoms with van der Waals surface area (Å²) in [5.74, 6) is 0.214. The van der Waals surface area contributed by atoms with Crippen molar-refractivity contribution in [2.24, 2.45) is 0 Å². The van der Waals surface area contributed by atoms with Crippen LogP contribution in [0.1, 0.15) is 20.8 Å². The Kier molecular flexibility index (Phi) is 5.34. The number of carbonyl (C=O) groups excluding carboxylic acids is 1. The van der Waals surface area contributed by atoms with E-state index in [9.17, 15) is 4.79 Å². The van der Waals surface area contributed by atoms with E-state index < -0.39 is 0 Å². The van der Waals surface area contributed by atoms with E-state index in [0.29, 0.717) is 33.0 Å². The molecule has 3 aromatic heterocycles. The molecule has 0 aliphatic heterocycles. The molecule has 3 heterocycles. The Bertz CT molecular complexity index is 1130. The fourth-order valence-electron chi connectivity index (χ4n) is 2.49. The molecule has 7 nitrogen and oxygen atoms in total. The van der Waals surface area contributed by atoms with E-state index in [1.165, 1.54) is 28.7 Å². The van der Waals surface area contributed by atoms with Gasteiger partial charge in [-0.05, 0) is 35.9 Å². The maximum atomic E-state index is 12.5.